The number of benzene rings is 3. The van der Waals surface area contributed by atoms with Crippen molar-refractivity contribution in [1.29, 1.82) is 0 Å². The minimum Gasteiger partial charge on any atom is -0.483 e. The lowest BCUT2D eigenvalue weighted by atomic mass is 10.1. The SMILES string of the molecule is CC(=O)Oc1cccc(C(=O)NCc2ccc(NC(=O)COc3ccc(C)cc3C)cc2)c1. The number of carbonyl (C=O) groups is 3. The number of rotatable bonds is 8. The minimum absolute atomic E-state index is 0.0892. The molecule has 0 aliphatic carbocycles. The van der Waals surface area contributed by atoms with Crippen molar-refractivity contribution in [2.75, 3.05) is 11.9 Å². The zero-order valence-electron chi connectivity index (χ0n) is 18.8. The summed E-state index contributed by atoms with van der Waals surface area (Å²) in [4.78, 5) is 35.6. The standard InChI is InChI=1S/C26H26N2O5/c1-17-7-12-24(18(2)13-17)32-16-25(30)28-22-10-8-20(9-11-22)15-27-26(31)21-5-4-6-23(14-21)33-19(3)29/h4-14H,15-16H2,1-3H3,(H,27,31)(H,28,30). The van der Waals surface area contributed by atoms with Crippen LogP contribution in [0, 0.1) is 13.8 Å². The Morgan fingerprint density at radius 3 is 2.36 bits per heavy atom. The summed E-state index contributed by atoms with van der Waals surface area (Å²) in [6, 6.07) is 19.4. The molecule has 0 heterocycles. The van der Waals surface area contributed by atoms with Gasteiger partial charge < -0.3 is 20.1 Å². The van der Waals surface area contributed by atoms with Crippen LogP contribution >= 0.6 is 0 Å². The van der Waals surface area contributed by atoms with E-state index >= 15 is 0 Å². The fraction of sp³-hybridized carbons (Fsp3) is 0.192. The van der Waals surface area contributed by atoms with Crippen molar-refractivity contribution in [3.8, 4) is 11.5 Å². The number of ether oxygens (including phenoxy) is 2. The normalized spacial score (nSPS) is 10.3. The summed E-state index contributed by atoms with van der Waals surface area (Å²) >= 11 is 0. The van der Waals surface area contributed by atoms with Gasteiger partial charge >= 0.3 is 5.97 Å². The van der Waals surface area contributed by atoms with Crippen molar-refractivity contribution < 1.29 is 23.9 Å². The molecule has 3 aromatic carbocycles. The van der Waals surface area contributed by atoms with E-state index in [2.05, 4.69) is 10.6 Å². The predicted octanol–water partition coefficient (Wildman–Crippen LogP) is 4.18. The van der Waals surface area contributed by atoms with Gasteiger partial charge in [-0.15, -0.1) is 0 Å². The quantitative estimate of drug-likeness (QED) is 0.400. The largest absolute Gasteiger partial charge is 0.483 e. The first-order chi connectivity index (χ1) is 15.8. The van der Waals surface area contributed by atoms with Crippen molar-refractivity contribution in [2.24, 2.45) is 0 Å². The Bertz CT molecular complexity index is 1160. The van der Waals surface area contributed by atoms with Gasteiger partial charge in [0, 0.05) is 24.7 Å². The van der Waals surface area contributed by atoms with E-state index in [-0.39, 0.29) is 18.4 Å². The fourth-order valence-electron chi connectivity index (χ4n) is 3.16. The number of carbonyl (C=O) groups excluding carboxylic acids is 3. The first kappa shape index (κ1) is 23.5. The average molecular weight is 447 g/mol. The van der Waals surface area contributed by atoms with E-state index in [0.29, 0.717) is 29.3 Å². The Kier molecular flexibility index (Phi) is 7.81. The number of aryl methyl sites for hydroxylation is 2. The zero-order chi connectivity index (χ0) is 23.8. The van der Waals surface area contributed by atoms with E-state index in [4.69, 9.17) is 9.47 Å². The maximum atomic E-state index is 12.4. The van der Waals surface area contributed by atoms with Gasteiger partial charge in [-0.2, -0.15) is 0 Å². The van der Waals surface area contributed by atoms with Crippen molar-refractivity contribution in [3.05, 3.63) is 89.0 Å². The predicted molar refractivity (Wildman–Crippen MR) is 125 cm³/mol. The second kappa shape index (κ2) is 10.9. The molecule has 7 nitrogen and oxygen atoms in total. The Balaban J connectivity index is 1.48. The topological polar surface area (TPSA) is 93.7 Å². The van der Waals surface area contributed by atoms with Crippen molar-refractivity contribution >= 4 is 23.5 Å². The van der Waals surface area contributed by atoms with Crippen LogP contribution in [0.15, 0.2) is 66.7 Å². The van der Waals surface area contributed by atoms with Gasteiger partial charge in [-0.3, -0.25) is 14.4 Å². The molecule has 0 atom stereocenters. The van der Waals surface area contributed by atoms with Crippen LogP contribution in [0.5, 0.6) is 11.5 Å². The lowest BCUT2D eigenvalue weighted by molar-refractivity contribution is -0.131. The second-order valence-corrected chi connectivity index (χ2v) is 7.61. The molecule has 7 heteroatoms. The monoisotopic (exact) mass is 446 g/mol. The summed E-state index contributed by atoms with van der Waals surface area (Å²) in [5.41, 5.74) is 4.00. The highest BCUT2D eigenvalue weighted by Crippen LogP contribution is 2.19. The van der Waals surface area contributed by atoms with Crippen LogP contribution in [0.4, 0.5) is 5.69 Å². The van der Waals surface area contributed by atoms with Crippen LogP contribution in [0.1, 0.15) is 34.0 Å². The molecule has 0 fully saturated rings. The highest BCUT2D eigenvalue weighted by Gasteiger charge is 2.09. The van der Waals surface area contributed by atoms with Gasteiger partial charge in [0.1, 0.15) is 11.5 Å². The second-order valence-electron chi connectivity index (χ2n) is 7.61. The van der Waals surface area contributed by atoms with Gasteiger partial charge in [0.15, 0.2) is 6.61 Å². The summed E-state index contributed by atoms with van der Waals surface area (Å²) in [6.07, 6.45) is 0. The van der Waals surface area contributed by atoms with Gasteiger partial charge in [-0.1, -0.05) is 35.9 Å². The smallest absolute Gasteiger partial charge is 0.308 e. The van der Waals surface area contributed by atoms with Crippen LogP contribution in [-0.2, 0) is 16.1 Å². The molecule has 3 rings (SSSR count). The molecular weight excluding hydrogens is 420 g/mol. The highest BCUT2D eigenvalue weighted by atomic mass is 16.5. The first-order valence-corrected chi connectivity index (χ1v) is 10.5. The highest BCUT2D eigenvalue weighted by molar-refractivity contribution is 5.94. The maximum absolute atomic E-state index is 12.4. The Morgan fingerprint density at radius 2 is 1.67 bits per heavy atom. The fourth-order valence-corrected chi connectivity index (χ4v) is 3.16. The summed E-state index contributed by atoms with van der Waals surface area (Å²) in [5.74, 6) is 0.00202. The molecule has 0 spiro atoms. The molecule has 0 saturated heterocycles. The molecule has 0 radical (unpaired) electrons. The third-order valence-electron chi connectivity index (χ3n) is 4.74. The van der Waals surface area contributed by atoms with E-state index in [1.165, 1.54) is 13.0 Å². The van der Waals surface area contributed by atoms with E-state index in [1.807, 2.05) is 44.2 Å². The summed E-state index contributed by atoms with van der Waals surface area (Å²) in [5, 5.41) is 5.61. The lowest BCUT2D eigenvalue weighted by Crippen LogP contribution is -2.23. The molecule has 33 heavy (non-hydrogen) atoms. The molecule has 2 amide bonds. The summed E-state index contributed by atoms with van der Waals surface area (Å²) in [6.45, 7) is 5.46. The molecule has 0 aliphatic heterocycles. The van der Waals surface area contributed by atoms with Crippen molar-refractivity contribution in [3.63, 3.8) is 0 Å². The third-order valence-corrected chi connectivity index (χ3v) is 4.74. The number of anilines is 1. The van der Waals surface area contributed by atoms with Crippen LogP contribution in [0.2, 0.25) is 0 Å². The van der Waals surface area contributed by atoms with E-state index in [0.717, 1.165) is 16.7 Å². The van der Waals surface area contributed by atoms with Gasteiger partial charge in [0.25, 0.3) is 11.8 Å². The first-order valence-electron chi connectivity index (χ1n) is 10.5. The summed E-state index contributed by atoms with van der Waals surface area (Å²) < 4.78 is 10.6. The molecule has 3 aromatic rings. The van der Waals surface area contributed by atoms with Gasteiger partial charge in [0.05, 0.1) is 0 Å². The van der Waals surface area contributed by atoms with Gasteiger partial charge in [-0.05, 0) is 61.4 Å². The molecule has 0 bridgehead atoms. The van der Waals surface area contributed by atoms with E-state index in [1.54, 1.807) is 30.3 Å². The van der Waals surface area contributed by atoms with Crippen LogP contribution in [0.3, 0.4) is 0 Å². The van der Waals surface area contributed by atoms with Crippen molar-refractivity contribution in [1.82, 2.24) is 5.32 Å². The van der Waals surface area contributed by atoms with Gasteiger partial charge in [0.2, 0.25) is 0 Å². The number of amides is 2. The van der Waals surface area contributed by atoms with E-state index in [9.17, 15) is 14.4 Å². The molecule has 2 N–H and O–H groups in total. The minimum atomic E-state index is -0.448. The van der Waals surface area contributed by atoms with Crippen LogP contribution in [-0.4, -0.2) is 24.4 Å². The molecule has 170 valence electrons. The number of hydrogen-bond acceptors (Lipinski definition) is 5. The average Bonchev–Trinajstić information content (AvgIpc) is 2.77. The molecule has 0 aromatic heterocycles. The zero-order valence-corrected chi connectivity index (χ0v) is 18.8. The molecule has 0 unspecified atom stereocenters. The van der Waals surface area contributed by atoms with Crippen LogP contribution in [0.25, 0.3) is 0 Å². The molecule has 0 saturated carbocycles. The number of hydrogen-bond donors (Lipinski definition) is 2. The lowest BCUT2D eigenvalue weighted by Gasteiger charge is -2.11. The van der Waals surface area contributed by atoms with Crippen LogP contribution < -0.4 is 20.1 Å². The molecular formula is C26H26N2O5. The maximum Gasteiger partial charge on any atom is 0.308 e. The number of nitrogens with one attached hydrogen (secondary N) is 2. The summed E-state index contributed by atoms with van der Waals surface area (Å²) in [7, 11) is 0. The van der Waals surface area contributed by atoms with E-state index < -0.39 is 5.97 Å². The Labute approximate surface area is 192 Å². The van der Waals surface area contributed by atoms with Crippen molar-refractivity contribution in [2.45, 2.75) is 27.3 Å². The third kappa shape index (κ3) is 7.21. The Hall–Kier alpha value is -4.13. The number of esters is 1. The molecule has 0 aliphatic rings. The van der Waals surface area contributed by atoms with Gasteiger partial charge in [-0.25, -0.2) is 0 Å². The Morgan fingerprint density at radius 1 is 0.909 bits per heavy atom.